The van der Waals surface area contributed by atoms with Crippen molar-refractivity contribution >= 4 is 0 Å². The third kappa shape index (κ3) is 28.7. The van der Waals surface area contributed by atoms with Gasteiger partial charge in [0.15, 0.2) is 0 Å². The van der Waals surface area contributed by atoms with Crippen molar-refractivity contribution in [3.8, 4) is 0 Å². The Kier molecular flexibility index (Phi) is 498. The maximum Gasteiger partial charge on any atom is 1.00 e. The van der Waals surface area contributed by atoms with Gasteiger partial charge in [-0.25, -0.2) is 0 Å². The van der Waals surface area contributed by atoms with E-state index in [1.807, 2.05) is 0 Å². The van der Waals surface area contributed by atoms with Gasteiger partial charge in [0.25, 0.3) is 0 Å². The molecule has 6 heteroatoms. The van der Waals surface area contributed by atoms with E-state index in [2.05, 4.69) is 0 Å². The van der Waals surface area contributed by atoms with E-state index >= 15 is 0 Å². The Hall–Kier alpha value is 2.88. The van der Waals surface area contributed by atoms with Crippen molar-refractivity contribution in [1.29, 1.82) is 0 Å². The molecule has 6 heavy (non-hydrogen) atoms. The first-order valence-electron chi connectivity index (χ1n) is 0. The second-order valence-corrected chi connectivity index (χ2v) is 0. The van der Waals surface area contributed by atoms with Crippen molar-refractivity contribution in [3.63, 3.8) is 0 Å². The normalized spacial score (nSPS) is 0. The molecule has 3 nitrogen and oxygen atoms in total. The Bertz CT molecular complexity index is 14.3. The molecule has 0 fully saturated rings. The van der Waals surface area contributed by atoms with Crippen molar-refractivity contribution in [1.82, 2.24) is 0 Å². The quantitative estimate of drug-likeness (QED) is 0.288. The van der Waals surface area contributed by atoms with Crippen molar-refractivity contribution in [2.24, 2.45) is 0 Å². The van der Waals surface area contributed by atoms with Crippen LogP contribution in [0.5, 0.6) is 0 Å². The molecule has 0 bridgehead atoms. The number of hydrogen-bond acceptors (Lipinski definition) is 0. The van der Waals surface area contributed by atoms with E-state index in [0.717, 1.165) is 0 Å². The SMILES string of the molecule is O.O.O.[H-].[H-].[H-].[Na+].[Na+].[Na+]. The van der Waals surface area contributed by atoms with Crippen LogP contribution in [0, 0.1) is 0 Å². The fourth-order valence-electron chi connectivity index (χ4n) is 0. The zero-order valence-corrected chi connectivity index (χ0v) is 10.5. The minimum atomic E-state index is 0. The summed E-state index contributed by atoms with van der Waals surface area (Å²) < 4.78 is 0. The predicted octanol–water partition coefficient (Wildman–Crippen LogP) is -11.1. The predicted molar refractivity (Wildman–Crippen MR) is 14.2 cm³/mol. The van der Waals surface area contributed by atoms with Gasteiger partial charge < -0.3 is 20.7 Å². The summed E-state index contributed by atoms with van der Waals surface area (Å²) in [6.07, 6.45) is 0. The molecular formula is H9Na3O3. The molecule has 0 amide bonds. The van der Waals surface area contributed by atoms with Crippen molar-refractivity contribution in [2.75, 3.05) is 0 Å². The molecule has 0 aromatic carbocycles. The second-order valence-electron chi connectivity index (χ2n) is 0. The van der Waals surface area contributed by atoms with Crippen LogP contribution in [0.1, 0.15) is 4.28 Å². The fourth-order valence-corrected chi connectivity index (χ4v) is 0. The zero-order valence-electron chi connectivity index (χ0n) is 7.50. The summed E-state index contributed by atoms with van der Waals surface area (Å²) >= 11 is 0. The Balaban J connectivity index is 0. The van der Waals surface area contributed by atoms with Gasteiger partial charge in [-0.1, -0.05) is 0 Å². The van der Waals surface area contributed by atoms with Crippen LogP contribution in [-0.2, 0) is 0 Å². The summed E-state index contributed by atoms with van der Waals surface area (Å²) in [6, 6.07) is 0. The Labute approximate surface area is 108 Å². The smallest absolute Gasteiger partial charge is 1.00 e. The molecule has 0 saturated heterocycles. The van der Waals surface area contributed by atoms with E-state index in [1.54, 1.807) is 0 Å². The topological polar surface area (TPSA) is 94.5 Å². The van der Waals surface area contributed by atoms with Crippen molar-refractivity contribution < 1.29 is 109 Å². The molecule has 0 heterocycles. The molecule has 6 N–H and O–H groups in total. The summed E-state index contributed by atoms with van der Waals surface area (Å²) in [4.78, 5) is 0. The number of rotatable bonds is 0. The minimum Gasteiger partial charge on any atom is -1.00 e. The van der Waals surface area contributed by atoms with Crippen LogP contribution in [0.25, 0.3) is 0 Å². The average Bonchev–Trinajstić information content (AvgIpc) is 0. The molecule has 0 aliphatic rings. The van der Waals surface area contributed by atoms with Crippen LogP contribution >= 0.6 is 0 Å². The van der Waals surface area contributed by atoms with E-state index in [-0.39, 0.29) is 109 Å². The summed E-state index contributed by atoms with van der Waals surface area (Å²) in [5.74, 6) is 0. The van der Waals surface area contributed by atoms with Gasteiger partial charge in [0.05, 0.1) is 0 Å². The van der Waals surface area contributed by atoms with E-state index < -0.39 is 0 Å². The third-order valence-electron chi connectivity index (χ3n) is 0. The van der Waals surface area contributed by atoms with Crippen LogP contribution in [0.3, 0.4) is 0 Å². The zero-order chi connectivity index (χ0) is 0. The van der Waals surface area contributed by atoms with Gasteiger partial charge in [0.1, 0.15) is 0 Å². The first-order chi connectivity index (χ1) is 0. The third-order valence-corrected chi connectivity index (χ3v) is 0. The standard InChI is InChI=1S/3Na.3H2O.3H/h;;;3*1H2;;;/q3*+1;;;;3*-1. The molecule has 0 saturated carbocycles. The first kappa shape index (κ1) is 66.5. The molecular weight excluding hydrogens is 117 g/mol. The summed E-state index contributed by atoms with van der Waals surface area (Å²) in [5.41, 5.74) is 0. The molecule has 0 unspecified atom stereocenters. The summed E-state index contributed by atoms with van der Waals surface area (Å²) in [6.45, 7) is 0. The molecule has 0 aliphatic heterocycles. The van der Waals surface area contributed by atoms with Crippen molar-refractivity contribution in [2.45, 2.75) is 0 Å². The first-order valence-corrected chi connectivity index (χ1v) is 0. The van der Waals surface area contributed by atoms with Gasteiger partial charge in [-0.3, -0.25) is 0 Å². The molecule has 0 rings (SSSR count). The average molecular weight is 126 g/mol. The molecule has 0 radical (unpaired) electrons. The van der Waals surface area contributed by atoms with Gasteiger partial charge in [-0.15, -0.1) is 0 Å². The van der Waals surface area contributed by atoms with Crippen LogP contribution in [0.15, 0.2) is 0 Å². The molecule has 0 spiro atoms. The van der Waals surface area contributed by atoms with Gasteiger partial charge in [0.2, 0.25) is 0 Å². The Morgan fingerprint density at radius 3 is 0.500 bits per heavy atom. The molecule has 0 aliphatic carbocycles. The molecule has 0 aromatic heterocycles. The van der Waals surface area contributed by atoms with Crippen LogP contribution < -0.4 is 88.7 Å². The fraction of sp³-hybridized carbons (Fsp3) is 0. The summed E-state index contributed by atoms with van der Waals surface area (Å²) in [7, 11) is 0. The van der Waals surface area contributed by atoms with Crippen LogP contribution in [0.2, 0.25) is 0 Å². The maximum atomic E-state index is 0. The Morgan fingerprint density at radius 2 is 0.500 bits per heavy atom. The second kappa shape index (κ2) is 45.0. The van der Waals surface area contributed by atoms with Gasteiger partial charge in [0, 0.05) is 0 Å². The van der Waals surface area contributed by atoms with Gasteiger partial charge in [-0.2, -0.15) is 0 Å². The largest absolute Gasteiger partial charge is 1.00 e. The van der Waals surface area contributed by atoms with Crippen LogP contribution in [-0.4, -0.2) is 16.4 Å². The van der Waals surface area contributed by atoms with E-state index in [4.69, 9.17) is 0 Å². The van der Waals surface area contributed by atoms with E-state index in [0.29, 0.717) is 0 Å². The van der Waals surface area contributed by atoms with Gasteiger partial charge in [-0.05, 0) is 0 Å². The van der Waals surface area contributed by atoms with E-state index in [1.165, 1.54) is 0 Å². The van der Waals surface area contributed by atoms with Crippen molar-refractivity contribution in [3.05, 3.63) is 0 Å². The molecule has 0 atom stereocenters. The van der Waals surface area contributed by atoms with Gasteiger partial charge >= 0.3 is 88.7 Å². The summed E-state index contributed by atoms with van der Waals surface area (Å²) in [5, 5.41) is 0. The maximum absolute atomic E-state index is 0. The monoisotopic (exact) mass is 126 g/mol. The molecule has 30 valence electrons. The number of hydrogen-bond donors (Lipinski definition) is 0. The molecule has 0 aromatic rings. The minimum absolute atomic E-state index is 0. The Morgan fingerprint density at radius 1 is 0.500 bits per heavy atom. The van der Waals surface area contributed by atoms with E-state index in [9.17, 15) is 0 Å². The van der Waals surface area contributed by atoms with Crippen LogP contribution in [0.4, 0.5) is 0 Å².